The van der Waals surface area contributed by atoms with Crippen LogP contribution >= 0.6 is 0 Å². The normalized spacial score (nSPS) is 12.3. The largest absolute Gasteiger partial charge is 0.692 e. The number of rotatable bonds is 3. The van der Waals surface area contributed by atoms with Crippen LogP contribution in [0.2, 0.25) is 0 Å². The smallest absolute Gasteiger partial charge is 0.274 e. The fraction of sp³-hybridized carbons (Fsp3) is 0.250. The van der Waals surface area contributed by atoms with Crippen molar-refractivity contribution in [1.29, 1.82) is 0 Å². The van der Waals surface area contributed by atoms with Gasteiger partial charge in [-0.1, -0.05) is 0 Å². The highest BCUT2D eigenvalue weighted by Crippen LogP contribution is 2.18. The molecule has 0 amide bonds. The van der Waals surface area contributed by atoms with Gasteiger partial charge < -0.3 is 5.21 Å². The summed E-state index contributed by atoms with van der Waals surface area (Å²) in [6, 6.07) is 3.83. The summed E-state index contributed by atoms with van der Waals surface area (Å²) in [6.07, 6.45) is 0. The highest BCUT2D eigenvalue weighted by molar-refractivity contribution is 5.97. The van der Waals surface area contributed by atoms with E-state index in [9.17, 15) is 20.1 Å². The van der Waals surface area contributed by atoms with Gasteiger partial charge in [0, 0.05) is 17.7 Å². The molecule has 8 nitrogen and oxygen atoms in total. The van der Waals surface area contributed by atoms with E-state index in [0.717, 1.165) is 10.9 Å². The minimum atomic E-state index is -0.583. The van der Waals surface area contributed by atoms with Crippen LogP contribution in [0.3, 0.4) is 0 Å². The molecule has 20 heavy (non-hydrogen) atoms. The van der Waals surface area contributed by atoms with Crippen LogP contribution in [0.1, 0.15) is 20.8 Å². The van der Waals surface area contributed by atoms with Crippen LogP contribution in [0.4, 0.5) is 5.69 Å². The van der Waals surface area contributed by atoms with Gasteiger partial charge in [-0.15, -0.1) is 4.85 Å². The lowest BCUT2D eigenvalue weighted by Crippen LogP contribution is -2.37. The Kier molecular flexibility index (Phi) is 3.23. The SMILES string of the molecule is CC(=O)/C(C)=C(\C)n1nc2ccc([N+](=O)[O-])cc2[n+]1[O-]. The molecular weight excluding hydrogens is 264 g/mol. The van der Waals surface area contributed by atoms with Gasteiger partial charge >= 0.3 is 0 Å². The molecule has 1 heterocycles. The van der Waals surface area contributed by atoms with E-state index in [-0.39, 0.29) is 17.0 Å². The number of benzene rings is 1. The summed E-state index contributed by atoms with van der Waals surface area (Å²) in [6.45, 7) is 4.57. The molecule has 0 unspecified atom stereocenters. The number of hydrogen-bond acceptors (Lipinski definition) is 5. The molecule has 1 aromatic heterocycles. The summed E-state index contributed by atoms with van der Waals surface area (Å²) in [5, 5.41) is 26.9. The van der Waals surface area contributed by atoms with Crippen molar-refractivity contribution < 1.29 is 14.6 Å². The van der Waals surface area contributed by atoms with E-state index in [0.29, 0.717) is 21.6 Å². The van der Waals surface area contributed by atoms with Crippen molar-refractivity contribution in [1.82, 2.24) is 9.90 Å². The van der Waals surface area contributed by atoms with Crippen LogP contribution in [0.25, 0.3) is 16.7 Å². The number of aromatic nitrogens is 3. The topological polar surface area (TPSA) is 105 Å². The summed E-state index contributed by atoms with van der Waals surface area (Å²) >= 11 is 0. The third kappa shape index (κ3) is 2.11. The summed E-state index contributed by atoms with van der Waals surface area (Å²) in [7, 11) is 0. The van der Waals surface area contributed by atoms with Crippen LogP contribution in [-0.4, -0.2) is 20.6 Å². The number of carbonyl (C=O) groups excluding carboxylic acids is 1. The predicted octanol–water partition coefficient (Wildman–Crippen LogP) is 1.42. The number of allylic oxidation sites excluding steroid dienone is 2. The lowest BCUT2D eigenvalue weighted by Gasteiger charge is -2.05. The van der Waals surface area contributed by atoms with Gasteiger partial charge in [0.1, 0.15) is 5.70 Å². The highest BCUT2D eigenvalue weighted by Gasteiger charge is 2.20. The minimum absolute atomic E-state index is 0.0786. The number of ketones is 1. The number of Topliss-reactive ketones (excluding diaryl/α,β-unsaturated/α-hetero) is 1. The van der Waals surface area contributed by atoms with Crippen LogP contribution in [0.15, 0.2) is 23.8 Å². The molecule has 0 aliphatic carbocycles. The molecule has 104 valence electrons. The second kappa shape index (κ2) is 4.72. The first-order valence-electron chi connectivity index (χ1n) is 5.78. The zero-order valence-corrected chi connectivity index (χ0v) is 11.2. The van der Waals surface area contributed by atoms with Gasteiger partial charge in [-0.05, 0) is 25.6 Å². The Morgan fingerprint density at radius 1 is 1.35 bits per heavy atom. The van der Waals surface area contributed by atoms with Crippen LogP contribution in [0.5, 0.6) is 0 Å². The van der Waals surface area contributed by atoms with E-state index in [1.165, 1.54) is 19.1 Å². The Balaban J connectivity index is 2.69. The van der Waals surface area contributed by atoms with Gasteiger partial charge in [0.15, 0.2) is 5.78 Å². The van der Waals surface area contributed by atoms with Gasteiger partial charge in [0.05, 0.1) is 16.1 Å². The van der Waals surface area contributed by atoms with Gasteiger partial charge in [-0.25, -0.2) is 0 Å². The standard InChI is InChI=1S/C12H12N4O4/c1-7(9(3)17)8(2)14-13-11-5-4-10(16(19)20)6-12(11)15(14)18/h4-6H,1-3H3/b8-7+. The number of non-ortho nitro benzene ring substituents is 1. The van der Waals surface area contributed by atoms with Crippen LogP contribution in [0, 0.1) is 15.3 Å². The van der Waals surface area contributed by atoms with Crippen molar-refractivity contribution >= 4 is 28.2 Å². The summed E-state index contributed by atoms with van der Waals surface area (Å²) in [5.41, 5.74) is 0.992. The highest BCUT2D eigenvalue weighted by atomic mass is 16.6. The van der Waals surface area contributed by atoms with Crippen molar-refractivity contribution in [2.24, 2.45) is 0 Å². The first-order valence-corrected chi connectivity index (χ1v) is 5.78. The summed E-state index contributed by atoms with van der Waals surface area (Å²) < 4.78 is 0. The molecule has 0 fully saturated rings. The maximum atomic E-state index is 12.1. The monoisotopic (exact) mass is 276 g/mol. The van der Waals surface area contributed by atoms with Gasteiger partial charge in [0.2, 0.25) is 5.52 Å². The van der Waals surface area contributed by atoms with Crippen molar-refractivity contribution in [3.8, 4) is 0 Å². The van der Waals surface area contributed by atoms with E-state index >= 15 is 0 Å². The quantitative estimate of drug-likeness (QED) is 0.277. The maximum absolute atomic E-state index is 12.1. The Morgan fingerprint density at radius 2 is 2.00 bits per heavy atom. The molecule has 0 saturated carbocycles. The fourth-order valence-corrected chi connectivity index (χ4v) is 1.72. The number of hydrogen-bond donors (Lipinski definition) is 0. The fourth-order valence-electron chi connectivity index (χ4n) is 1.72. The van der Waals surface area contributed by atoms with E-state index in [1.807, 2.05) is 0 Å². The average Bonchev–Trinajstić information content (AvgIpc) is 2.73. The van der Waals surface area contributed by atoms with Crippen molar-refractivity contribution in [3.05, 3.63) is 39.1 Å². The van der Waals surface area contributed by atoms with Crippen molar-refractivity contribution in [2.75, 3.05) is 0 Å². The second-order valence-corrected chi connectivity index (χ2v) is 4.36. The Hall–Kier alpha value is -2.77. The van der Waals surface area contributed by atoms with Gasteiger partial charge in [-0.2, -0.15) is 0 Å². The zero-order valence-electron chi connectivity index (χ0n) is 11.2. The molecule has 0 aliphatic rings. The summed E-state index contributed by atoms with van der Waals surface area (Å²) in [5.74, 6) is -0.173. The third-order valence-corrected chi connectivity index (χ3v) is 3.12. The predicted molar refractivity (Wildman–Crippen MR) is 70.6 cm³/mol. The molecule has 0 bridgehead atoms. The Bertz CT molecular complexity index is 760. The lowest BCUT2D eigenvalue weighted by atomic mass is 10.2. The third-order valence-electron chi connectivity index (χ3n) is 3.12. The molecule has 0 N–H and O–H groups in total. The molecule has 0 radical (unpaired) electrons. The number of nitrogens with zero attached hydrogens (tertiary/aromatic N) is 4. The van der Waals surface area contributed by atoms with E-state index in [2.05, 4.69) is 5.10 Å². The number of nitro groups is 1. The minimum Gasteiger partial charge on any atom is -0.692 e. The second-order valence-electron chi connectivity index (χ2n) is 4.36. The number of fused-ring (bicyclic) bond motifs is 1. The lowest BCUT2D eigenvalue weighted by molar-refractivity contribution is -0.663. The Labute approximate surface area is 113 Å². The van der Waals surface area contributed by atoms with Crippen molar-refractivity contribution in [2.45, 2.75) is 20.8 Å². The molecular formula is C12H12N4O4. The molecule has 8 heteroatoms. The van der Waals surface area contributed by atoms with E-state index in [4.69, 9.17) is 0 Å². The van der Waals surface area contributed by atoms with Crippen molar-refractivity contribution in [3.63, 3.8) is 0 Å². The van der Waals surface area contributed by atoms with Gasteiger partial charge in [0.25, 0.3) is 11.2 Å². The maximum Gasteiger partial charge on any atom is 0.274 e. The van der Waals surface area contributed by atoms with Gasteiger partial charge in [-0.3, -0.25) is 14.9 Å². The number of nitro benzene ring substituents is 1. The van der Waals surface area contributed by atoms with E-state index in [1.54, 1.807) is 13.8 Å². The zero-order chi connectivity index (χ0) is 15.0. The van der Waals surface area contributed by atoms with E-state index < -0.39 is 4.92 Å². The number of carbonyl (C=O) groups is 1. The van der Waals surface area contributed by atoms with Crippen LogP contribution in [-0.2, 0) is 4.79 Å². The molecule has 2 rings (SSSR count). The molecule has 0 spiro atoms. The molecule has 0 atom stereocenters. The average molecular weight is 276 g/mol. The molecule has 2 aromatic rings. The Morgan fingerprint density at radius 3 is 2.55 bits per heavy atom. The first kappa shape index (κ1) is 13.7. The molecule has 0 saturated heterocycles. The molecule has 1 aromatic carbocycles. The van der Waals surface area contributed by atoms with Crippen LogP contribution < -0.4 is 4.85 Å². The summed E-state index contributed by atoms with van der Waals surface area (Å²) in [4.78, 5) is 22.9. The first-order chi connectivity index (χ1) is 9.32. The molecule has 0 aliphatic heterocycles.